The molecule has 6 nitrogen and oxygen atoms in total. The summed E-state index contributed by atoms with van der Waals surface area (Å²) in [4.78, 5) is 23.2. The smallest absolute Gasteiger partial charge is 0.408 e. The first-order valence-electron chi connectivity index (χ1n) is 10.1. The highest BCUT2D eigenvalue weighted by molar-refractivity contribution is 5.69. The molecule has 6 heteroatoms. The molecule has 0 radical (unpaired) electrons. The van der Waals surface area contributed by atoms with E-state index in [1.807, 2.05) is 58.9 Å². The molecule has 1 atom stereocenters. The van der Waals surface area contributed by atoms with Gasteiger partial charge < -0.3 is 19.5 Å². The maximum atomic E-state index is 11.9. The van der Waals surface area contributed by atoms with Crippen LogP contribution in [0.5, 0.6) is 5.75 Å². The summed E-state index contributed by atoms with van der Waals surface area (Å²) in [5.41, 5.74) is 0.434. The number of nitrogens with one attached hydrogen (secondary N) is 1. The Bertz CT molecular complexity index is 609. The number of unbranched alkanes of at least 4 members (excludes halogenated alkanes) is 3. The normalized spacial score (nSPS) is 12.2. The summed E-state index contributed by atoms with van der Waals surface area (Å²) in [6.45, 7) is 10.3. The summed E-state index contributed by atoms with van der Waals surface area (Å²) in [5, 5.41) is 2.83. The van der Waals surface area contributed by atoms with Crippen LogP contribution in [-0.2, 0) is 14.3 Å². The van der Waals surface area contributed by atoms with E-state index in [4.69, 9.17) is 14.2 Å². The van der Waals surface area contributed by atoms with Crippen LogP contribution in [0.1, 0.15) is 78.3 Å². The van der Waals surface area contributed by atoms with Gasteiger partial charge in [-0.2, -0.15) is 0 Å². The van der Waals surface area contributed by atoms with E-state index in [-0.39, 0.29) is 12.0 Å². The van der Waals surface area contributed by atoms with Gasteiger partial charge in [0.2, 0.25) is 0 Å². The van der Waals surface area contributed by atoms with Crippen molar-refractivity contribution < 1.29 is 23.8 Å². The number of alkyl carbamates (subject to hydrolysis) is 1. The second-order valence-electron chi connectivity index (χ2n) is 7.76. The fraction of sp³-hybridized carbons (Fsp3) is 0.636. The Kier molecular flexibility index (Phi) is 10.4. The third kappa shape index (κ3) is 10.8. The molecule has 1 N–H and O–H groups in total. The predicted octanol–water partition coefficient (Wildman–Crippen LogP) is 5.16. The van der Waals surface area contributed by atoms with Crippen LogP contribution in [0, 0.1) is 0 Å². The maximum absolute atomic E-state index is 11.9. The van der Waals surface area contributed by atoms with Gasteiger partial charge in [0.05, 0.1) is 19.3 Å². The SMILES string of the molecule is CCOC(=O)CCCCCCOc1cccc([C@@H](C)NC(=O)OC(C)(C)C)c1. The number of rotatable bonds is 11. The lowest BCUT2D eigenvalue weighted by molar-refractivity contribution is -0.143. The van der Waals surface area contributed by atoms with Crippen molar-refractivity contribution >= 4 is 12.1 Å². The van der Waals surface area contributed by atoms with Crippen LogP contribution < -0.4 is 10.1 Å². The Hall–Kier alpha value is -2.24. The highest BCUT2D eigenvalue weighted by Crippen LogP contribution is 2.20. The highest BCUT2D eigenvalue weighted by atomic mass is 16.6. The summed E-state index contributed by atoms with van der Waals surface area (Å²) < 4.78 is 16.0. The minimum atomic E-state index is -0.523. The number of hydrogen-bond acceptors (Lipinski definition) is 5. The van der Waals surface area contributed by atoms with Gasteiger partial charge in [0, 0.05) is 6.42 Å². The number of amides is 1. The largest absolute Gasteiger partial charge is 0.494 e. The Morgan fingerprint density at radius 2 is 1.82 bits per heavy atom. The minimum absolute atomic E-state index is 0.121. The number of hydrogen-bond donors (Lipinski definition) is 1. The quantitative estimate of drug-likeness (QED) is 0.415. The van der Waals surface area contributed by atoms with Crippen molar-refractivity contribution in [1.29, 1.82) is 0 Å². The molecule has 1 aromatic rings. The molecule has 0 saturated carbocycles. The Morgan fingerprint density at radius 3 is 2.50 bits per heavy atom. The fourth-order valence-corrected chi connectivity index (χ4v) is 2.59. The molecule has 0 aliphatic heterocycles. The molecule has 0 aliphatic carbocycles. The minimum Gasteiger partial charge on any atom is -0.494 e. The predicted molar refractivity (Wildman–Crippen MR) is 109 cm³/mol. The summed E-state index contributed by atoms with van der Waals surface area (Å²) in [5.74, 6) is 0.659. The lowest BCUT2D eigenvalue weighted by Gasteiger charge is -2.22. The van der Waals surface area contributed by atoms with E-state index in [9.17, 15) is 9.59 Å². The van der Waals surface area contributed by atoms with Gasteiger partial charge in [-0.1, -0.05) is 25.0 Å². The summed E-state index contributed by atoms with van der Waals surface area (Å²) in [6.07, 6.45) is 3.82. The summed E-state index contributed by atoms with van der Waals surface area (Å²) in [7, 11) is 0. The van der Waals surface area contributed by atoms with Crippen LogP contribution in [0.3, 0.4) is 0 Å². The molecule has 1 rings (SSSR count). The van der Waals surface area contributed by atoms with E-state index >= 15 is 0 Å². The molecule has 0 aromatic heterocycles. The number of esters is 1. The van der Waals surface area contributed by atoms with Crippen molar-refractivity contribution in [2.75, 3.05) is 13.2 Å². The van der Waals surface area contributed by atoms with Gasteiger partial charge in [0.15, 0.2) is 0 Å². The van der Waals surface area contributed by atoms with Gasteiger partial charge in [0.1, 0.15) is 11.4 Å². The molecule has 0 spiro atoms. The van der Waals surface area contributed by atoms with E-state index in [1.54, 1.807) is 0 Å². The second kappa shape index (κ2) is 12.3. The molecule has 1 amide bonds. The molecule has 28 heavy (non-hydrogen) atoms. The van der Waals surface area contributed by atoms with E-state index in [1.165, 1.54) is 0 Å². The van der Waals surface area contributed by atoms with Crippen molar-refractivity contribution in [3.8, 4) is 5.75 Å². The molecule has 0 saturated heterocycles. The second-order valence-corrected chi connectivity index (χ2v) is 7.76. The first-order chi connectivity index (χ1) is 13.2. The third-order valence-corrected chi connectivity index (χ3v) is 3.94. The Balaban J connectivity index is 2.31. The van der Waals surface area contributed by atoms with Crippen LogP contribution in [0.4, 0.5) is 4.79 Å². The molecular formula is C22H35NO5. The van der Waals surface area contributed by atoms with E-state index in [0.717, 1.165) is 37.0 Å². The van der Waals surface area contributed by atoms with E-state index < -0.39 is 11.7 Å². The van der Waals surface area contributed by atoms with Crippen molar-refractivity contribution in [2.45, 2.75) is 78.4 Å². The molecule has 0 aliphatic rings. The fourth-order valence-electron chi connectivity index (χ4n) is 2.59. The summed E-state index contributed by atoms with van der Waals surface area (Å²) in [6, 6.07) is 7.52. The topological polar surface area (TPSA) is 73.9 Å². The Labute approximate surface area is 168 Å². The zero-order valence-corrected chi connectivity index (χ0v) is 17.9. The third-order valence-electron chi connectivity index (χ3n) is 3.94. The van der Waals surface area contributed by atoms with Crippen LogP contribution in [-0.4, -0.2) is 30.9 Å². The molecule has 158 valence electrons. The molecule has 0 unspecified atom stereocenters. The van der Waals surface area contributed by atoms with Crippen LogP contribution in [0.2, 0.25) is 0 Å². The molecule has 0 fully saturated rings. The first-order valence-corrected chi connectivity index (χ1v) is 10.1. The molecule has 1 aromatic carbocycles. The van der Waals surface area contributed by atoms with Gasteiger partial charge in [-0.3, -0.25) is 4.79 Å². The van der Waals surface area contributed by atoms with E-state index in [2.05, 4.69) is 5.32 Å². The van der Waals surface area contributed by atoms with Gasteiger partial charge in [-0.15, -0.1) is 0 Å². The average Bonchev–Trinajstić information content (AvgIpc) is 2.59. The van der Waals surface area contributed by atoms with Crippen molar-refractivity contribution in [1.82, 2.24) is 5.32 Å². The van der Waals surface area contributed by atoms with Crippen molar-refractivity contribution in [2.24, 2.45) is 0 Å². The van der Waals surface area contributed by atoms with Crippen molar-refractivity contribution in [3.05, 3.63) is 29.8 Å². The number of carbonyl (C=O) groups excluding carboxylic acids is 2. The molecule has 0 bridgehead atoms. The van der Waals surface area contributed by atoms with Crippen LogP contribution in [0.15, 0.2) is 24.3 Å². The van der Waals surface area contributed by atoms with Crippen molar-refractivity contribution in [3.63, 3.8) is 0 Å². The zero-order chi connectivity index (χ0) is 21.0. The van der Waals surface area contributed by atoms with Gasteiger partial charge >= 0.3 is 12.1 Å². The molecular weight excluding hydrogens is 358 g/mol. The number of carbonyl (C=O) groups is 2. The maximum Gasteiger partial charge on any atom is 0.408 e. The van der Waals surface area contributed by atoms with Gasteiger partial charge in [-0.05, 0) is 65.2 Å². The number of ether oxygens (including phenoxy) is 3. The van der Waals surface area contributed by atoms with E-state index in [0.29, 0.717) is 19.6 Å². The van der Waals surface area contributed by atoms with Crippen LogP contribution >= 0.6 is 0 Å². The van der Waals surface area contributed by atoms with Gasteiger partial charge in [-0.25, -0.2) is 4.79 Å². The Morgan fingerprint density at radius 1 is 1.11 bits per heavy atom. The summed E-state index contributed by atoms with van der Waals surface area (Å²) >= 11 is 0. The monoisotopic (exact) mass is 393 g/mol. The standard InChI is InChI=1S/C22H35NO5/c1-6-26-20(24)14-9-7-8-10-15-27-19-13-11-12-18(16-19)17(2)23-21(25)28-22(3,4)5/h11-13,16-17H,6-10,14-15H2,1-5H3,(H,23,25)/t17-/m1/s1. The zero-order valence-electron chi connectivity index (χ0n) is 17.9. The van der Waals surface area contributed by atoms with Gasteiger partial charge in [0.25, 0.3) is 0 Å². The highest BCUT2D eigenvalue weighted by Gasteiger charge is 2.18. The molecule has 0 heterocycles. The lowest BCUT2D eigenvalue weighted by Crippen LogP contribution is -2.34. The van der Waals surface area contributed by atoms with Crippen LogP contribution in [0.25, 0.3) is 0 Å². The number of benzene rings is 1. The average molecular weight is 394 g/mol. The first kappa shape index (κ1) is 23.8. The lowest BCUT2D eigenvalue weighted by atomic mass is 10.1.